The van der Waals surface area contributed by atoms with Crippen molar-refractivity contribution in [2.24, 2.45) is 0 Å². The van der Waals surface area contributed by atoms with Crippen molar-refractivity contribution in [1.82, 2.24) is 0 Å². The van der Waals surface area contributed by atoms with Gasteiger partial charge in [0.05, 0.1) is 0 Å². The number of ether oxygens (including phenoxy) is 2. The number of phenols is 1. The topological polar surface area (TPSA) is 55.8 Å². The lowest BCUT2D eigenvalue weighted by Crippen LogP contribution is -2.05. The molecule has 0 fully saturated rings. The van der Waals surface area contributed by atoms with Crippen LogP contribution in [0.15, 0.2) is 78.9 Å². The van der Waals surface area contributed by atoms with Crippen molar-refractivity contribution in [2.45, 2.75) is 13.3 Å². The van der Waals surface area contributed by atoms with Crippen LogP contribution in [0.3, 0.4) is 0 Å². The molecular weight excluding hydrogens is 383 g/mol. The molecule has 0 bridgehead atoms. The van der Waals surface area contributed by atoms with Gasteiger partial charge in [0, 0.05) is 17.4 Å². The second-order valence-electron chi connectivity index (χ2n) is 6.76. The normalized spacial score (nSPS) is 10.7. The number of hydrogen-bond donors (Lipinski definition) is 1. The fraction of sp³-hybridized carbons (Fsp3) is 0.0800. The number of halogens is 1. The van der Waals surface area contributed by atoms with Gasteiger partial charge in [-0.1, -0.05) is 25.1 Å². The minimum Gasteiger partial charge on any atom is -0.508 e. The van der Waals surface area contributed by atoms with E-state index in [1.54, 1.807) is 55.5 Å². The molecular formula is C25H19FO4. The molecule has 0 saturated carbocycles. The van der Waals surface area contributed by atoms with Gasteiger partial charge in [0.25, 0.3) is 0 Å². The van der Waals surface area contributed by atoms with Crippen LogP contribution >= 0.6 is 0 Å². The number of esters is 1. The van der Waals surface area contributed by atoms with Crippen molar-refractivity contribution < 1.29 is 23.8 Å². The Bertz CT molecular complexity index is 1220. The Morgan fingerprint density at radius 3 is 2.43 bits per heavy atom. The van der Waals surface area contributed by atoms with E-state index in [-0.39, 0.29) is 24.0 Å². The number of rotatable bonds is 5. The first-order valence-electron chi connectivity index (χ1n) is 9.54. The van der Waals surface area contributed by atoms with Gasteiger partial charge in [-0.2, -0.15) is 0 Å². The van der Waals surface area contributed by atoms with Gasteiger partial charge >= 0.3 is 5.97 Å². The summed E-state index contributed by atoms with van der Waals surface area (Å²) in [5.74, 6) is 0.995. The first kappa shape index (κ1) is 19.5. The monoisotopic (exact) mass is 402 g/mol. The van der Waals surface area contributed by atoms with Crippen LogP contribution in [0.1, 0.15) is 13.3 Å². The van der Waals surface area contributed by atoms with Gasteiger partial charge in [-0.3, -0.25) is 4.79 Å². The molecule has 0 radical (unpaired) electrons. The molecule has 1 N–H and O–H groups in total. The molecule has 4 rings (SSSR count). The van der Waals surface area contributed by atoms with Crippen molar-refractivity contribution >= 4 is 16.7 Å². The zero-order valence-electron chi connectivity index (χ0n) is 16.3. The number of benzene rings is 4. The summed E-state index contributed by atoms with van der Waals surface area (Å²) in [6, 6.07) is 21.7. The molecule has 4 nitrogen and oxygen atoms in total. The van der Waals surface area contributed by atoms with Gasteiger partial charge in [0.15, 0.2) is 0 Å². The highest BCUT2D eigenvalue weighted by molar-refractivity contribution is 5.96. The first-order chi connectivity index (χ1) is 14.5. The summed E-state index contributed by atoms with van der Waals surface area (Å²) in [7, 11) is 0. The summed E-state index contributed by atoms with van der Waals surface area (Å²) < 4.78 is 25.2. The van der Waals surface area contributed by atoms with Gasteiger partial charge in [-0.25, -0.2) is 4.39 Å². The Balaban J connectivity index is 1.78. The van der Waals surface area contributed by atoms with Crippen LogP contribution in [-0.4, -0.2) is 11.1 Å². The summed E-state index contributed by atoms with van der Waals surface area (Å²) in [6.07, 6.45) is 0.290. The van der Waals surface area contributed by atoms with Crippen LogP contribution in [0.4, 0.5) is 4.39 Å². The standard InChI is InChI=1S/C25H19FO4/c1-2-24(28)29-20-8-10-21(11-9-20)30-25-22(16-4-3-5-18(26)14-16)12-6-17-15-19(27)7-13-23(17)25/h3-15,27H,2H2,1H3. The molecule has 0 aliphatic heterocycles. The van der Waals surface area contributed by atoms with Gasteiger partial charge < -0.3 is 14.6 Å². The average Bonchev–Trinajstić information content (AvgIpc) is 2.75. The van der Waals surface area contributed by atoms with E-state index in [4.69, 9.17) is 9.47 Å². The maximum absolute atomic E-state index is 13.8. The van der Waals surface area contributed by atoms with Gasteiger partial charge in [0.2, 0.25) is 0 Å². The largest absolute Gasteiger partial charge is 0.508 e. The van der Waals surface area contributed by atoms with Crippen molar-refractivity contribution in [3.05, 3.63) is 84.7 Å². The fourth-order valence-electron chi connectivity index (χ4n) is 3.18. The Kier molecular flexibility index (Phi) is 5.35. The Hall–Kier alpha value is -3.86. The van der Waals surface area contributed by atoms with Crippen molar-refractivity contribution in [1.29, 1.82) is 0 Å². The third kappa shape index (κ3) is 4.10. The van der Waals surface area contributed by atoms with E-state index in [2.05, 4.69) is 0 Å². The molecule has 4 aromatic carbocycles. The van der Waals surface area contributed by atoms with E-state index in [0.29, 0.717) is 28.4 Å². The van der Waals surface area contributed by atoms with Crippen LogP contribution < -0.4 is 9.47 Å². The molecule has 0 aromatic heterocycles. The lowest BCUT2D eigenvalue weighted by atomic mass is 9.99. The second kappa shape index (κ2) is 8.25. The molecule has 0 aliphatic carbocycles. The molecule has 150 valence electrons. The molecule has 4 aromatic rings. The Labute approximate surface area is 173 Å². The van der Waals surface area contributed by atoms with E-state index in [1.165, 1.54) is 12.1 Å². The summed E-state index contributed by atoms with van der Waals surface area (Å²) in [6.45, 7) is 1.73. The fourth-order valence-corrected chi connectivity index (χ4v) is 3.18. The van der Waals surface area contributed by atoms with Crippen LogP contribution in [0.5, 0.6) is 23.0 Å². The van der Waals surface area contributed by atoms with Crippen LogP contribution in [0, 0.1) is 5.82 Å². The maximum atomic E-state index is 13.8. The quantitative estimate of drug-likeness (QED) is 0.307. The number of phenolic OH excluding ortho intramolecular Hbond substituents is 1. The van der Waals surface area contributed by atoms with Crippen molar-refractivity contribution in [3.63, 3.8) is 0 Å². The summed E-state index contributed by atoms with van der Waals surface area (Å²) in [5.41, 5.74) is 1.39. The Morgan fingerprint density at radius 1 is 0.933 bits per heavy atom. The first-order valence-corrected chi connectivity index (χ1v) is 9.54. The van der Waals surface area contributed by atoms with Crippen molar-refractivity contribution in [3.8, 4) is 34.1 Å². The second-order valence-corrected chi connectivity index (χ2v) is 6.76. The highest BCUT2D eigenvalue weighted by Crippen LogP contribution is 2.40. The summed E-state index contributed by atoms with van der Waals surface area (Å²) >= 11 is 0. The molecule has 30 heavy (non-hydrogen) atoms. The molecule has 0 aliphatic rings. The average molecular weight is 402 g/mol. The van der Waals surface area contributed by atoms with Gasteiger partial charge in [0.1, 0.15) is 28.8 Å². The highest BCUT2D eigenvalue weighted by Gasteiger charge is 2.14. The maximum Gasteiger partial charge on any atom is 0.310 e. The lowest BCUT2D eigenvalue weighted by Gasteiger charge is -2.15. The van der Waals surface area contributed by atoms with Crippen LogP contribution in [0.25, 0.3) is 21.9 Å². The highest BCUT2D eigenvalue weighted by atomic mass is 19.1. The predicted molar refractivity (Wildman–Crippen MR) is 113 cm³/mol. The molecule has 0 heterocycles. The number of carbonyl (C=O) groups excluding carboxylic acids is 1. The van der Waals surface area contributed by atoms with Gasteiger partial charge in [-0.15, -0.1) is 0 Å². The molecule has 0 spiro atoms. The number of aromatic hydroxyl groups is 1. The Morgan fingerprint density at radius 2 is 1.70 bits per heavy atom. The predicted octanol–water partition coefficient (Wildman–Crippen LogP) is 6.46. The number of hydrogen-bond acceptors (Lipinski definition) is 4. The number of fused-ring (bicyclic) bond motifs is 1. The smallest absolute Gasteiger partial charge is 0.310 e. The van der Waals surface area contributed by atoms with Crippen LogP contribution in [0.2, 0.25) is 0 Å². The van der Waals surface area contributed by atoms with Gasteiger partial charge in [-0.05, 0) is 71.6 Å². The third-order valence-electron chi connectivity index (χ3n) is 4.65. The summed E-state index contributed by atoms with van der Waals surface area (Å²) in [4.78, 5) is 11.5. The van der Waals surface area contributed by atoms with E-state index >= 15 is 0 Å². The van der Waals surface area contributed by atoms with Crippen LogP contribution in [-0.2, 0) is 4.79 Å². The SMILES string of the molecule is CCC(=O)Oc1ccc(Oc2c(-c3cccc(F)c3)ccc3cc(O)ccc23)cc1. The van der Waals surface area contributed by atoms with E-state index in [0.717, 1.165) is 10.8 Å². The minimum absolute atomic E-state index is 0.147. The molecule has 0 atom stereocenters. The lowest BCUT2D eigenvalue weighted by molar-refractivity contribution is -0.134. The third-order valence-corrected chi connectivity index (χ3v) is 4.65. The van der Waals surface area contributed by atoms with E-state index in [9.17, 15) is 14.3 Å². The molecule has 5 heteroatoms. The minimum atomic E-state index is -0.341. The zero-order valence-corrected chi connectivity index (χ0v) is 16.3. The number of carbonyl (C=O) groups is 1. The molecule has 0 amide bonds. The van der Waals surface area contributed by atoms with Crippen molar-refractivity contribution in [2.75, 3.05) is 0 Å². The summed E-state index contributed by atoms with van der Waals surface area (Å²) in [5, 5.41) is 11.4. The van der Waals surface area contributed by atoms with E-state index in [1.807, 2.05) is 18.2 Å². The van der Waals surface area contributed by atoms with E-state index < -0.39 is 0 Å². The molecule has 0 unspecified atom stereocenters. The zero-order chi connectivity index (χ0) is 21.1. The molecule has 0 saturated heterocycles.